The number of halogens is 3. The van der Waals surface area contributed by atoms with Crippen LogP contribution in [0.2, 0.25) is 0 Å². The minimum absolute atomic E-state index is 0.119. The fraction of sp³-hybridized carbons (Fsp3) is 0.929. The molecule has 2 atom stereocenters. The third kappa shape index (κ3) is 6.22. The second kappa shape index (κ2) is 8.58. The molecule has 1 rings (SSSR count). The van der Waals surface area contributed by atoms with Gasteiger partial charge in [-0.15, -0.1) is 0 Å². The Bertz CT molecular complexity index is 317. The van der Waals surface area contributed by atoms with E-state index in [0.29, 0.717) is 26.1 Å². The van der Waals surface area contributed by atoms with Crippen LogP contribution in [-0.2, 0) is 14.3 Å². The number of amides is 1. The first-order valence-electron chi connectivity index (χ1n) is 7.46. The maximum atomic E-state index is 12.7. The van der Waals surface area contributed by atoms with E-state index >= 15 is 0 Å². The van der Waals surface area contributed by atoms with Crippen LogP contribution in [0.15, 0.2) is 0 Å². The van der Waals surface area contributed by atoms with Crippen molar-refractivity contribution < 1.29 is 27.4 Å². The standard InChI is InChI=1S/C14H24F3NO3/c1-3-20-12(21-4-2)9-18-13(19)10-6-5-7-11(8-10)14(15,16)17/h10-12H,3-9H2,1-2H3,(H,18,19). The largest absolute Gasteiger partial charge is 0.391 e. The molecule has 0 saturated heterocycles. The van der Waals surface area contributed by atoms with Gasteiger partial charge in [-0.2, -0.15) is 13.2 Å². The third-order valence-electron chi connectivity index (χ3n) is 3.66. The van der Waals surface area contributed by atoms with Crippen molar-refractivity contribution in [1.29, 1.82) is 0 Å². The molecule has 0 aromatic carbocycles. The van der Waals surface area contributed by atoms with E-state index < -0.39 is 24.3 Å². The summed E-state index contributed by atoms with van der Waals surface area (Å²) in [4.78, 5) is 12.0. The maximum Gasteiger partial charge on any atom is 0.391 e. The highest BCUT2D eigenvalue weighted by atomic mass is 19.4. The first kappa shape index (κ1) is 18.2. The normalized spacial score (nSPS) is 23.3. The zero-order chi connectivity index (χ0) is 15.9. The molecule has 1 saturated carbocycles. The van der Waals surface area contributed by atoms with Crippen LogP contribution in [-0.4, -0.2) is 38.1 Å². The van der Waals surface area contributed by atoms with Crippen LogP contribution in [0.3, 0.4) is 0 Å². The van der Waals surface area contributed by atoms with Crippen molar-refractivity contribution in [2.24, 2.45) is 11.8 Å². The fourth-order valence-electron chi connectivity index (χ4n) is 2.59. The molecule has 0 heterocycles. The summed E-state index contributed by atoms with van der Waals surface area (Å²) in [7, 11) is 0. The Morgan fingerprint density at radius 2 is 1.86 bits per heavy atom. The van der Waals surface area contributed by atoms with Crippen molar-refractivity contribution in [3.8, 4) is 0 Å². The molecule has 0 radical (unpaired) electrons. The SMILES string of the molecule is CCOC(CNC(=O)C1CCCC(C(F)(F)F)C1)OCC. The van der Waals surface area contributed by atoms with Gasteiger partial charge in [0.2, 0.25) is 5.91 Å². The van der Waals surface area contributed by atoms with Gasteiger partial charge >= 0.3 is 6.18 Å². The van der Waals surface area contributed by atoms with Crippen LogP contribution in [0.5, 0.6) is 0 Å². The Kier molecular flexibility index (Phi) is 7.45. The molecule has 0 aromatic heterocycles. The van der Waals surface area contributed by atoms with Gasteiger partial charge in [0.15, 0.2) is 6.29 Å². The first-order valence-corrected chi connectivity index (χ1v) is 7.46. The van der Waals surface area contributed by atoms with Crippen molar-refractivity contribution >= 4 is 5.91 Å². The molecule has 21 heavy (non-hydrogen) atoms. The van der Waals surface area contributed by atoms with E-state index in [2.05, 4.69) is 5.32 Å². The minimum atomic E-state index is -4.21. The lowest BCUT2D eigenvalue weighted by Crippen LogP contribution is -2.41. The Morgan fingerprint density at radius 3 is 2.38 bits per heavy atom. The molecule has 2 unspecified atom stereocenters. The summed E-state index contributed by atoms with van der Waals surface area (Å²) in [6.07, 6.45) is -3.82. The smallest absolute Gasteiger partial charge is 0.351 e. The highest BCUT2D eigenvalue weighted by Gasteiger charge is 2.43. The fourth-order valence-corrected chi connectivity index (χ4v) is 2.59. The number of carbonyl (C=O) groups excluding carboxylic acids is 1. The highest BCUT2D eigenvalue weighted by Crippen LogP contribution is 2.39. The molecule has 0 aliphatic heterocycles. The molecule has 0 spiro atoms. The van der Waals surface area contributed by atoms with E-state index in [1.165, 1.54) is 0 Å². The average molecular weight is 311 g/mol. The summed E-state index contributed by atoms with van der Waals surface area (Å²) in [6, 6.07) is 0. The molecule has 1 amide bonds. The zero-order valence-electron chi connectivity index (χ0n) is 12.5. The first-order chi connectivity index (χ1) is 9.88. The van der Waals surface area contributed by atoms with E-state index in [-0.39, 0.29) is 25.3 Å². The highest BCUT2D eigenvalue weighted by molar-refractivity contribution is 5.78. The Hall–Kier alpha value is -0.820. The van der Waals surface area contributed by atoms with Crippen LogP contribution in [0.4, 0.5) is 13.2 Å². The Labute approximate surface area is 123 Å². The number of ether oxygens (including phenoxy) is 2. The summed E-state index contributed by atoms with van der Waals surface area (Å²) in [5.41, 5.74) is 0. The summed E-state index contributed by atoms with van der Waals surface area (Å²) in [6.45, 7) is 4.67. The van der Waals surface area contributed by atoms with Gasteiger partial charge in [-0.3, -0.25) is 4.79 Å². The number of carbonyl (C=O) groups is 1. The third-order valence-corrected chi connectivity index (χ3v) is 3.66. The van der Waals surface area contributed by atoms with Gasteiger partial charge in [0, 0.05) is 19.1 Å². The average Bonchev–Trinajstić information content (AvgIpc) is 2.44. The number of hydrogen-bond donors (Lipinski definition) is 1. The molecular formula is C14H24F3NO3. The van der Waals surface area contributed by atoms with Crippen molar-refractivity contribution in [3.05, 3.63) is 0 Å². The predicted octanol–water partition coefficient (Wildman–Crippen LogP) is 2.87. The van der Waals surface area contributed by atoms with Crippen LogP contribution in [0, 0.1) is 11.8 Å². The zero-order valence-corrected chi connectivity index (χ0v) is 12.5. The summed E-state index contributed by atoms with van der Waals surface area (Å²) in [5.74, 6) is -2.28. The van der Waals surface area contributed by atoms with Crippen molar-refractivity contribution in [2.45, 2.75) is 52.0 Å². The molecule has 1 aliphatic rings. The Morgan fingerprint density at radius 1 is 1.24 bits per heavy atom. The van der Waals surface area contributed by atoms with Crippen LogP contribution < -0.4 is 5.32 Å². The second-order valence-corrected chi connectivity index (χ2v) is 5.19. The predicted molar refractivity (Wildman–Crippen MR) is 71.6 cm³/mol. The molecule has 0 aromatic rings. The molecule has 7 heteroatoms. The molecule has 1 N–H and O–H groups in total. The van der Waals surface area contributed by atoms with Gasteiger partial charge in [0.1, 0.15) is 0 Å². The van der Waals surface area contributed by atoms with Gasteiger partial charge in [-0.05, 0) is 33.1 Å². The summed E-state index contributed by atoms with van der Waals surface area (Å²) in [5, 5.41) is 2.64. The van der Waals surface area contributed by atoms with Crippen molar-refractivity contribution in [2.75, 3.05) is 19.8 Å². The van der Waals surface area contributed by atoms with E-state index in [9.17, 15) is 18.0 Å². The van der Waals surface area contributed by atoms with Gasteiger partial charge < -0.3 is 14.8 Å². The van der Waals surface area contributed by atoms with Crippen LogP contribution >= 0.6 is 0 Å². The lowest BCUT2D eigenvalue weighted by molar-refractivity contribution is -0.186. The van der Waals surface area contributed by atoms with Crippen molar-refractivity contribution in [3.63, 3.8) is 0 Å². The monoisotopic (exact) mass is 311 g/mol. The van der Waals surface area contributed by atoms with Gasteiger partial charge in [0.05, 0.1) is 12.5 Å². The molecule has 1 aliphatic carbocycles. The van der Waals surface area contributed by atoms with Crippen LogP contribution in [0.25, 0.3) is 0 Å². The number of nitrogens with one attached hydrogen (secondary N) is 1. The molecule has 4 nitrogen and oxygen atoms in total. The van der Waals surface area contributed by atoms with Gasteiger partial charge in [-0.1, -0.05) is 6.42 Å². The minimum Gasteiger partial charge on any atom is -0.351 e. The Balaban J connectivity index is 2.43. The summed E-state index contributed by atoms with van der Waals surface area (Å²) >= 11 is 0. The molecular weight excluding hydrogens is 287 g/mol. The van der Waals surface area contributed by atoms with E-state index in [4.69, 9.17) is 9.47 Å². The molecule has 0 bridgehead atoms. The van der Waals surface area contributed by atoms with Crippen LogP contribution in [0.1, 0.15) is 39.5 Å². The maximum absolute atomic E-state index is 12.7. The van der Waals surface area contributed by atoms with E-state index in [0.717, 1.165) is 0 Å². The second-order valence-electron chi connectivity index (χ2n) is 5.19. The van der Waals surface area contributed by atoms with Crippen molar-refractivity contribution in [1.82, 2.24) is 5.32 Å². The number of alkyl halides is 3. The number of rotatable bonds is 7. The quantitative estimate of drug-likeness (QED) is 0.736. The van der Waals surface area contributed by atoms with E-state index in [1.54, 1.807) is 0 Å². The molecule has 1 fully saturated rings. The van der Waals surface area contributed by atoms with Gasteiger partial charge in [-0.25, -0.2) is 0 Å². The topological polar surface area (TPSA) is 47.6 Å². The van der Waals surface area contributed by atoms with Gasteiger partial charge in [0.25, 0.3) is 0 Å². The lowest BCUT2D eigenvalue weighted by Gasteiger charge is -2.30. The molecule has 124 valence electrons. The van der Waals surface area contributed by atoms with E-state index in [1.807, 2.05) is 13.8 Å². The summed E-state index contributed by atoms with van der Waals surface area (Å²) < 4.78 is 48.7. The lowest BCUT2D eigenvalue weighted by atomic mass is 9.80. The number of hydrogen-bond acceptors (Lipinski definition) is 3.